The van der Waals surface area contributed by atoms with Gasteiger partial charge >= 0.3 is 0 Å². The topological polar surface area (TPSA) is 79.0 Å². The Labute approximate surface area is 194 Å². The Morgan fingerprint density at radius 2 is 1.55 bits per heavy atom. The molecule has 33 heavy (non-hydrogen) atoms. The van der Waals surface area contributed by atoms with Gasteiger partial charge in [0.15, 0.2) is 0 Å². The van der Waals surface area contributed by atoms with Gasteiger partial charge in [0, 0.05) is 44.3 Å². The second-order valence-corrected chi connectivity index (χ2v) is 10.5. The molecule has 2 aliphatic heterocycles. The third kappa shape index (κ3) is 6.31. The van der Waals surface area contributed by atoms with E-state index in [2.05, 4.69) is 22.3 Å². The first-order valence-corrected chi connectivity index (χ1v) is 12.9. The van der Waals surface area contributed by atoms with E-state index in [1.165, 1.54) is 28.6 Å². The molecule has 7 nitrogen and oxygen atoms in total. The summed E-state index contributed by atoms with van der Waals surface area (Å²) in [5.74, 6) is -0.793. The second-order valence-electron chi connectivity index (χ2n) is 8.54. The number of rotatable bonds is 7. The molecule has 0 radical (unpaired) electrons. The molecule has 178 valence electrons. The van der Waals surface area contributed by atoms with Crippen LogP contribution in [0.2, 0.25) is 0 Å². The number of nitrogens with one attached hydrogen (secondary N) is 1. The number of hydrogen-bond acceptors (Lipinski definition) is 5. The van der Waals surface area contributed by atoms with Gasteiger partial charge in [0.2, 0.25) is 15.9 Å². The van der Waals surface area contributed by atoms with Crippen LogP contribution in [0.25, 0.3) is 0 Å². The fourth-order valence-electron chi connectivity index (χ4n) is 4.26. The fourth-order valence-corrected chi connectivity index (χ4v) is 5.82. The highest BCUT2D eigenvalue weighted by molar-refractivity contribution is 7.88. The predicted molar refractivity (Wildman–Crippen MR) is 125 cm³/mol. The summed E-state index contributed by atoms with van der Waals surface area (Å²) in [6.45, 7) is 4.33. The number of carbonyl (C=O) groups is 1. The van der Waals surface area contributed by atoms with Crippen molar-refractivity contribution >= 4 is 21.6 Å². The second kappa shape index (κ2) is 10.6. The normalized spacial score (nSPS) is 18.3. The van der Waals surface area contributed by atoms with Crippen LogP contribution in [0.4, 0.5) is 10.1 Å². The summed E-state index contributed by atoms with van der Waals surface area (Å²) in [6.07, 6.45) is 0.981. The highest BCUT2D eigenvalue weighted by atomic mass is 32.2. The zero-order chi connectivity index (χ0) is 23.3. The average Bonchev–Trinajstić information content (AvgIpc) is 2.85. The number of amides is 1. The van der Waals surface area contributed by atoms with Crippen LogP contribution in [0.3, 0.4) is 0 Å². The number of sulfonamides is 1. The van der Waals surface area contributed by atoms with E-state index < -0.39 is 15.8 Å². The van der Waals surface area contributed by atoms with Crippen molar-refractivity contribution in [2.75, 3.05) is 44.3 Å². The monoisotopic (exact) mass is 475 g/mol. The van der Waals surface area contributed by atoms with Crippen LogP contribution in [-0.4, -0.2) is 58.0 Å². The summed E-state index contributed by atoms with van der Waals surface area (Å²) in [5, 5.41) is 2.99. The molecule has 1 N–H and O–H groups in total. The highest BCUT2D eigenvalue weighted by Gasteiger charge is 2.31. The van der Waals surface area contributed by atoms with E-state index in [0.717, 1.165) is 37.6 Å². The molecule has 2 heterocycles. The summed E-state index contributed by atoms with van der Waals surface area (Å²) in [5.41, 5.74) is 2.73. The lowest BCUT2D eigenvalue weighted by atomic mass is 9.97. The SMILES string of the molecule is O=C(NCc1ccc(N2CCOCC2)cc1)C1CCN(S(=O)(=O)Cc2ccc(F)cc2)CC1. The van der Waals surface area contributed by atoms with E-state index in [1.807, 2.05) is 12.1 Å². The van der Waals surface area contributed by atoms with Gasteiger partial charge in [-0.15, -0.1) is 0 Å². The number of nitrogens with zero attached hydrogens (tertiary/aromatic N) is 2. The summed E-state index contributed by atoms with van der Waals surface area (Å²) in [4.78, 5) is 14.9. The molecule has 2 saturated heterocycles. The Bertz CT molecular complexity index is 1030. The van der Waals surface area contributed by atoms with Crippen LogP contribution >= 0.6 is 0 Å². The molecule has 2 aromatic carbocycles. The molecule has 0 aromatic heterocycles. The minimum absolute atomic E-state index is 0.0390. The lowest BCUT2D eigenvalue weighted by Crippen LogP contribution is -2.43. The van der Waals surface area contributed by atoms with E-state index in [4.69, 9.17) is 4.74 Å². The van der Waals surface area contributed by atoms with Crippen LogP contribution in [0, 0.1) is 11.7 Å². The lowest BCUT2D eigenvalue weighted by Gasteiger charge is -2.30. The molecule has 9 heteroatoms. The van der Waals surface area contributed by atoms with E-state index in [9.17, 15) is 17.6 Å². The molecular weight excluding hydrogens is 445 g/mol. The minimum Gasteiger partial charge on any atom is -0.378 e. The smallest absolute Gasteiger partial charge is 0.223 e. The van der Waals surface area contributed by atoms with Crippen molar-refractivity contribution in [1.29, 1.82) is 0 Å². The Balaban J connectivity index is 1.23. The molecule has 4 rings (SSSR count). The molecule has 0 bridgehead atoms. The number of halogens is 1. The third-order valence-corrected chi connectivity index (χ3v) is 8.11. The molecule has 2 aromatic rings. The first-order valence-electron chi connectivity index (χ1n) is 11.3. The summed E-state index contributed by atoms with van der Waals surface area (Å²) in [6, 6.07) is 13.7. The molecular formula is C24H30FN3O4S. The van der Waals surface area contributed by atoms with Crippen LogP contribution in [0.5, 0.6) is 0 Å². The lowest BCUT2D eigenvalue weighted by molar-refractivity contribution is -0.126. The third-order valence-electron chi connectivity index (χ3n) is 6.26. The molecule has 2 fully saturated rings. The summed E-state index contributed by atoms with van der Waals surface area (Å²) >= 11 is 0. The Morgan fingerprint density at radius 3 is 2.18 bits per heavy atom. The van der Waals surface area contributed by atoms with Gasteiger partial charge in [-0.3, -0.25) is 4.79 Å². The van der Waals surface area contributed by atoms with Gasteiger partial charge in [-0.2, -0.15) is 0 Å². The van der Waals surface area contributed by atoms with E-state index in [-0.39, 0.29) is 17.6 Å². The number of ether oxygens (including phenoxy) is 1. The van der Waals surface area contributed by atoms with Gasteiger partial charge in [0.05, 0.1) is 19.0 Å². The van der Waals surface area contributed by atoms with Gasteiger partial charge in [0.25, 0.3) is 0 Å². The number of morpholine rings is 1. The fraction of sp³-hybridized carbons (Fsp3) is 0.458. The van der Waals surface area contributed by atoms with E-state index in [0.29, 0.717) is 38.0 Å². The van der Waals surface area contributed by atoms with Crippen LogP contribution in [-0.2, 0) is 31.9 Å². The van der Waals surface area contributed by atoms with Gasteiger partial charge in [-0.25, -0.2) is 17.1 Å². The number of benzene rings is 2. The predicted octanol–water partition coefficient (Wildman–Crippen LogP) is 2.52. The Kier molecular flexibility index (Phi) is 7.62. The van der Waals surface area contributed by atoms with Crippen molar-refractivity contribution in [2.45, 2.75) is 25.1 Å². The van der Waals surface area contributed by atoms with Gasteiger partial charge in [-0.1, -0.05) is 24.3 Å². The van der Waals surface area contributed by atoms with Crippen molar-refractivity contribution < 1.29 is 22.3 Å². The van der Waals surface area contributed by atoms with Crippen molar-refractivity contribution in [3.63, 3.8) is 0 Å². The maximum absolute atomic E-state index is 13.1. The standard InChI is InChI=1S/C24H30FN3O4S/c25-22-5-1-20(2-6-22)18-33(30,31)28-11-9-21(10-12-28)24(29)26-17-19-3-7-23(8-4-19)27-13-15-32-16-14-27/h1-8,21H,9-18H2,(H,26,29). The summed E-state index contributed by atoms with van der Waals surface area (Å²) in [7, 11) is -3.50. The average molecular weight is 476 g/mol. The van der Waals surface area contributed by atoms with Crippen LogP contribution in [0.15, 0.2) is 48.5 Å². The number of anilines is 1. The molecule has 0 aliphatic carbocycles. The maximum atomic E-state index is 13.1. The molecule has 0 saturated carbocycles. The molecule has 0 atom stereocenters. The van der Waals surface area contributed by atoms with E-state index >= 15 is 0 Å². The van der Waals surface area contributed by atoms with Crippen molar-refractivity contribution in [3.05, 3.63) is 65.5 Å². The van der Waals surface area contributed by atoms with Crippen LogP contribution < -0.4 is 10.2 Å². The molecule has 0 spiro atoms. The zero-order valence-corrected chi connectivity index (χ0v) is 19.4. The quantitative estimate of drug-likeness (QED) is 0.666. The molecule has 0 unspecified atom stereocenters. The van der Waals surface area contributed by atoms with E-state index in [1.54, 1.807) is 0 Å². The van der Waals surface area contributed by atoms with Crippen LogP contribution in [0.1, 0.15) is 24.0 Å². The molecule has 2 aliphatic rings. The first-order chi connectivity index (χ1) is 15.9. The summed E-state index contributed by atoms with van der Waals surface area (Å²) < 4.78 is 45.3. The minimum atomic E-state index is -3.50. The first kappa shape index (κ1) is 23.7. The maximum Gasteiger partial charge on any atom is 0.223 e. The molecule has 1 amide bonds. The highest BCUT2D eigenvalue weighted by Crippen LogP contribution is 2.22. The van der Waals surface area contributed by atoms with Gasteiger partial charge in [-0.05, 0) is 48.2 Å². The Morgan fingerprint density at radius 1 is 0.939 bits per heavy atom. The zero-order valence-electron chi connectivity index (χ0n) is 18.6. The van der Waals surface area contributed by atoms with Gasteiger partial charge in [0.1, 0.15) is 5.82 Å². The number of hydrogen-bond donors (Lipinski definition) is 1. The number of carbonyl (C=O) groups excluding carboxylic acids is 1. The van der Waals surface area contributed by atoms with Crippen molar-refractivity contribution in [2.24, 2.45) is 5.92 Å². The van der Waals surface area contributed by atoms with Crippen molar-refractivity contribution in [3.8, 4) is 0 Å². The Hall–Kier alpha value is -2.49. The number of piperidine rings is 1. The van der Waals surface area contributed by atoms with Crippen molar-refractivity contribution in [1.82, 2.24) is 9.62 Å². The van der Waals surface area contributed by atoms with Gasteiger partial charge < -0.3 is 15.0 Å². The largest absolute Gasteiger partial charge is 0.378 e.